The van der Waals surface area contributed by atoms with Crippen LogP contribution in [0.25, 0.3) is 10.9 Å². The summed E-state index contributed by atoms with van der Waals surface area (Å²) in [6.45, 7) is 4.29. The van der Waals surface area contributed by atoms with Gasteiger partial charge in [0.15, 0.2) is 5.60 Å². The Balaban J connectivity index is 1.48. The van der Waals surface area contributed by atoms with E-state index in [4.69, 9.17) is 9.47 Å². The Kier molecular flexibility index (Phi) is 8.40. The maximum absolute atomic E-state index is 14.1. The monoisotopic (exact) mass is 560 g/mol. The van der Waals surface area contributed by atoms with Crippen molar-refractivity contribution >= 4 is 28.7 Å². The molecule has 2 N–H and O–H groups in total. The molecule has 1 aromatic heterocycles. The van der Waals surface area contributed by atoms with Gasteiger partial charge < -0.3 is 14.6 Å². The maximum atomic E-state index is 14.1. The number of halogens is 1. The van der Waals surface area contributed by atoms with Crippen molar-refractivity contribution in [2.24, 2.45) is 5.41 Å². The molecule has 0 spiro atoms. The van der Waals surface area contributed by atoms with Gasteiger partial charge in [0.05, 0.1) is 29.9 Å². The standard InChI is InChI=1S/C33H37FN2O5/c1-32(2)16-6-5-11-29(32)33(23-12-14-24(34)15-13-23,17-7-9-27-19-26(37)20-30(38)40-27)41-31(39)36-25-18-22-8-3-4-10-28(22)35-21-25/h3-4,8,10-15,18,21,26-27,37H,5-7,9,16-17,19-20H2,1-2H3,(H,36,39). The molecular formula is C33H37FN2O5. The fourth-order valence-electron chi connectivity index (χ4n) is 6.29. The summed E-state index contributed by atoms with van der Waals surface area (Å²) < 4.78 is 26.0. The summed E-state index contributed by atoms with van der Waals surface area (Å²) in [5.41, 5.74) is 1.48. The minimum Gasteiger partial charge on any atom is -0.462 e. The molecule has 1 amide bonds. The highest BCUT2D eigenvalue weighted by molar-refractivity contribution is 5.89. The fraction of sp³-hybridized carbons (Fsp3) is 0.424. The van der Waals surface area contributed by atoms with Gasteiger partial charge in [-0.3, -0.25) is 15.1 Å². The third kappa shape index (κ3) is 6.59. The van der Waals surface area contributed by atoms with Crippen molar-refractivity contribution in [1.82, 2.24) is 4.98 Å². The lowest BCUT2D eigenvalue weighted by molar-refractivity contribution is -0.160. The van der Waals surface area contributed by atoms with E-state index in [0.29, 0.717) is 36.9 Å². The van der Waals surface area contributed by atoms with Crippen molar-refractivity contribution in [3.05, 3.63) is 83.8 Å². The van der Waals surface area contributed by atoms with E-state index >= 15 is 0 Å². The molecule has 0 saturated carbocycles. The molecule has 2 heterocycles. The first kappa shape index (κ1) is 28.7. The molecule has 216 valence electrons. The second-order valence-electron chi connectivity index (χ2n) is 11.8. The fourth-order valence-corrected chi connectivity index (χ4v) is 6.29. The predicted octanol–water partition coefficient (Wildman–Crippen LogP) is 7.19. The largest absolute Gasteiger partial charge is 0.462 e. The lowest BCUT2D eigenvalue weighted by Gasteiger charge is -2.45. The molecule has 41 heavy (non-hydrogen) atoms. The van der Waals surface area contributed by atoms with Crippen LogP contribution >= 0.6 is 0 Å². The zero-order valence-electron chi connectivity index (χ0n) is 23.6. The van der Waals surface area contributed by atoms with Gasteiger partial charge in [0.1, 0.15) is 11.9 Å². The van der Waals surface area contributed by atoms with Crippen LogP contribution in [0.3, 0.4) is 0 Å². The number of aromatic nitrogens is 1. The molecule has 0 radical (unpaired) electrons. The zero-order valence-corrected chi connectivity index (χ0v) is 23.6. The number of amides is 1. The van der Waals surface area contributed by atoms with E-state index in [1.165, 1.54) is 12.1 Å². The number of allylic oxidation sites excluding steroid dienone is 1. The van der Waals surface area contributed by atoms with E-state index in [-0.39, 0.29) is 17.7 Å². The van der Waals surface area contributed by atoms with Gasteiger partial charge in [-0.15, -0.1) is 0 Å². The van der Waals surface area contributed by atoms with Gasteiger partial charge in [-0.05, 0) is 73.8 Å². The molecule has 3 aromatic rings. The highest BCUT2D eigenvalue weighted by Crippen LogP contribution is 2.51. The summed E-state index contributed by atoms with van der Waals surface area (Å²) >= 11 is 0. The van der Waals surface area contributed by atoms with Gasteiger partial charge in [0.25, 0.3) is 0 Å². The molecule has 1 fully saturated rings. The summed E-state index contributed by atoms with van der Waals surface area (Å²) in [4.78, 5) is 30.0. The zero-order chi connectivity index (χ0) is 29.0. The van der Waals surface area contributed by atoms with E-state index in [1.54, 1.807) is 18.3 Å². The third-order valence-corrected chi connectivity index (χ3v) is 8.22. The Labute approximate surface area is 239 Å². The average molecular weight is 561 g/mol. The molecular weight excluding hydrogens is 523 g/mol. The van der Waals surface area contributed by atoms with Gasteiger partial charge in [0.2, 0.25) is 0 Å². The van der Waals surface area contributed by atoms with Crippen LogP contribution in [0.15, 0.2) is 72.4 Å². The van der Waals surface area contributed by atoms with Crippen LogP contribution in [0.5, 0.6) is 0 Å². The molecule has 3 unspecified atom stereocenters. The number of para-hydroxylation sites is 1. The molecule has 7 nitrogen and oxygen atoms in total. The minimum absolute atomic E-state index is 0.00397. The number of nitrogens with zero attached hydrogens (tertiary/aromatic N) is 1. The van der Waals surface area contributed by atoms with E-state index < -0.39 is 29.9 Å². The first-order chi connectivity index (χ1) is 19.6. The van der Waals surface area contributed by atoms with Crippen molar-refractivity contribution in [3.63, 3.8) is 0 Å². The van der Waals surface area contributed by atoms with Crippen LogP contribution in [-0.2, 0) is 19.9 Å². The number of carbonyl (C=O) groups excluding carboxylic acids is 2. The number of cyclic esters (lactones) is 1. The number of benzene rings is 2. The number of carbonyl (C=O) groups is 2. The Morgan fingerprint density at radius 2 is 2.00 bits per heavy atom. The first-order valence-corrected chi connectivity index (χ1v) is 14.3. The number of rotatable bonds is 8. The van der Waals surface area contributed by atoms with E-state index in [0.717, 1.165) is 35.7 Å². The third-order valence-electron chi connectivity index (χ3n) is 8.22. The Hall–Kier alpha value is -3.78. The lowest BCUT2D eigenvalue weighted by atomic mass is 9.65. The van der Waals surface area contributed by atoms with Gasteiger partial charge in [0, 0.05) is 17.4 Å². The summed E-state index contributed by atoms with van der Waals surface area (Å²) in [5.74, 6) is -0.788. The van der Waals surface area contributed by atoms with Crippen molar-refractivity contribution in [1.29, 1.82) is 0 Å². The number of anilines is 1. The van der Waals surface area contributed by atoms with Crippen molar-refractivity contribution < 1.29 is 28.6 Å². The van der Waals surface area contributed by atoms with Gasteiger partial charge in [-0.2, -0.15) is 0 Å². The number of esters is 1. The number of nitrogens with one attached hydrogen (secondary N) is 1. The molecule has 1 aliphatic carbocycles. The second-order valence-corrected chi connectivity index (χ2v) is 11.8. The lowest BCUT2D eigenvalue weighted by Crippen LogP contribution is -2.42. The van der Waals surface area contributed by atoms with Crippen molar-refractivity contribution in [2.75, 3.05) is 5.32 Å². The van der Waals surface area contributed by atoms with E-state index in [9.17, 15) is 19.1 Å². The average Bonchev–Trinajstić information content (AvgIpc) is 2.92. The Morgan fingerprint density at radius 1 is 1.22 bits per heavy atom. The number of pyridine rings is 1. The maximum Gasteiger partial charge on any atom is 0.412 e. The van der Waals surface area contributed by atoms with Gasteiger partial charge in [-0.25, -0.2) is 9.18 Å². The second kappa shape index (κ2) is 12.0. The first-order valence-electron chi connectivity index (χ1n) is 14.3. The van der Waals surface area contributed by atoms with E-state index in [1.807, 2.05) is 30.3 Å². The summed E-state index contributed by atoms with van der Waals surface area (Å²) in [6, 6.07) is 15.6. The van der Waals surface area contributed by atoms with Crippen LogP contribution in [0.4, 0.5) is 14.9 Å². The highest BCUT2D eigenvalue weighted by Gasteiger charge is 2.47. The predicted molar refractivity (Wildman–Crippen MR) is 155 cm³/mol. The Morgan fingerprint density at radius 3 is 2.76 bits per heavy atom. The molecule has 8 heteroatoms. The molecule has 1 aliphatic heterocycles. The van der Waals surface area contributed by atoms with Crippen LogP contribution < -0.4 is 5.32 Å². The van der Waals surface area contributed by atoms with Crippen LogP contribution in [0.2, 0.25) is 0 Å². The number of aliphatic hydroxyl groups is 1. The van der Waals surface area contributed by atoms with Crippen molar-refractivity contribution in [3.8, 4) is 0 Å². The number of fused-ring (bicyclic) bond motifs is 1. The van der Waals surface area contributed by atoms with E-state index in [2.05, 4.69) is 30.2 Å². The topological polar surface area (TPSA) is 97.8 Å². The normalized spacial score (nSPS) is 21.9. The number of aliphatic hydroxyl groups excluding tert-OH is 1. The molecule has 3 atom stereocenters. The molecule has 2 aliphatic rings. The molecule has 5 rings (SSSR count). The van der Waals surface area contributed by atoms with Crippen LogP contribution in [0.1, 0.15) is 70.8 Å². The summed E-state index contributed by atoms with van der Waals surface area (Å²) in [5, 5.41) is 13.8. The molecule has 0 bridgehead atoms. The summed E-state index contributed by atoms with van der Waals surface area (Å²) in [6.07, 6.45) is 6.54. The smallest absolute Gasteiger partial charge is 0.412 e. The SMILES string of the molecule is CC1(C)CCCC=C1C(CCCC1CC(O)CC(=O)O1)(OC(=O)Nc1cnc2ccccc2c1)c1ccc(F)cc1. The molecule has 2 aromatic carbocycles. The molecule has 1 saturated heterocycles. The number of ether oxygens (including phenoxy) is 2. The minimum atomic E-state index is -1.19. The number of hydrogen-bond donors (Lipinski definition) is 2. The Bertz CT molecular complexity index is 1440. The van der Waals surface area contributed by atoms with Crippen molar-refractivity contribution in [2.45, 2.75) is 83.0 Å². The van der Waals surface area contributed by atoms with Crippen LogP contribution in [0, 0.1) is 11.2 Å². The van der Waals surface area contributed by atoms with Gasteiger partial charge >= 0.3 is 12.1 Å². The van der Waals surface area contributed by atoms with Crippen LogP contribution in [-0.4, -0.2) is 34.4 Å². The quantitative estimate of drug-likeness (QED) is 0.224. The van der Waals surface area contributed by atoms with Gasteiger partial charge in [-0.1, -0.05) is 50.3 Å². The summed E-state index contributed by atoms with van der Waals surface area (Å²) in [7, 11) is 0. The highest BCUT2D eigenvalue weighted by atomic mass is 19.1. The number of hydrogen-bond acceptors (Lipinski definition) is 6.